The molecule has 2 aromatic rings. The summed E-state index contributed by atoms with van der Waals surface area (Å²) in [5.74, 6) is 6.88. The standard InChI is InChI=1S/C17H15BN2/c1-11-4-3-5-14(11)8-6-13-7-9-15-16(10-13)20-17(18)12(2)19-15/h3-5,7,9-11H,18H2,1-2H3. The summed E-state index contributed by atoms with van der Waals surface area (Å²) in [5, 5.41) is 0. The number of hydrogen-bond donors (Lipinski definition) is 0. The van der Waals surface area contributed by atoms with Gasteiger partial charge in [0.15, 0.2) is 7.85 Å². The van der Waals surface area contributed by atoms with E-state index in [2.05, 4.69) is 47.0 Å². The number of nitrogens with zero attached hydrogens (tertiary/aromatic N) is 2. The average molecular weight is 258 g/mol. The monoisotopic (exact) mass is 258 g/mol. The van der Waals surface area contributed by atoms with Gasteiger partial charge in [0, 0.05) is 28.3 Å². The maximum absolute atomic E-state index is 4.57. The van der Waals surface area contributed by atoms with Crippen LogP contribution in [0.5, 0.6) is 0 Å². The molecule has 0 N–H and O–H groups in total. The van der Waals surface area contributed by atoms with E-state index in [9.17, 15) is 0 Å². The minimum Gasteiger partial charge on any atom is -0.260 e. The van der Waals surface area contributed by atoms with Crippen molar-refractivity contribution in [2.75, 3.05) is 0 Å². The molecule has 0 bridgehead atoms. The van der Waals surface area contributed by atoms with Crippen LogP contribution < -0.4 is 5.59 Å². The molecule has 1 aliphatic rings. The molecule has 3 rings (SSSR count). The van der Waals surface area contributed by atoms with Crippen LogP contribution in [0.3, 0.4) is 0 Å². The quantitative estimate of drug-likeness (QED) is 0.530. The Morgan fingerprint density at radius 1 is 1.15 bits per heavy atom. The Bertz CT molecular complexity index is 807. The van der Waals surface area contributed by atoms with Gasteiger partial charge in [0.1, 0.15) is 0 Å². The highest BCUT2D eigenvalue weighted by molar-refractivity contribution is 6.31. The van der Waals surface area contributed by atoms with Crippen LogP contribution in [-0.4, -0.2) is 17.8 Å². The number of hydrogen-bond acceptors (Lipinski definition) is 2. The molecule has 2 nitrogen and oxygen atoms in total. The largest absolute Gasteiger partial charge is 0.260 e. The van der Waals surface area contributed by atoms with E-state index in [1.807, 2.05) is 33.0 Å². The van der Waals surface area contributed by atoms with E-state index in [0.717, 1.165) is 33.5 Å². The number of fused-ring (bicyclic) bond motifs is 1. The lowest BCUT2D eigenvalue weighted by atomic mass is 10.0. The summed E-state index contributed by atoms with van der Waals surface area (Å²) in [7, 11) is 1.98. The van der Waals surface area contributed by atoms with Crippen LogP contribution >= 0.6 is 0 Å². The molecule has 1 aliphatic carbocycles. The molecule has 0 aliphatic heterocycles. The smallest absolute Gasteiger partial charge is 0.166 e. The molecule has 0 fully saturated rings. The van der Waals surface area contributed by atoms with Crippen molar-refractivity contribution in [3.63, 3.8) is 0 Å². The SMILES string of the molecule is Bc1nc2cc(C#CC3=CC=CC3C)ccc2nc1C. The zero-order valence-corrected chi connectivity index (χ0v) is 11.9. The molecule has 1 unspecified atom stereocenters. The topological polar surface area (TPSA) is 25.8 Å². The second-order valence-electron chi connectivity index (χ2n) is 5.14. The normalized spacial score (nSPS) is 16.9. The van der Waals surface area contributed by atoms with Crippen LogP contribution in [0.15, 0.2) is 42.0 Å². The van der Waals surface area contributed by atoms with Crippen molar-refractivity contribution in [3.8, 4) is 11.8 Å². The van der Waals surface area contributed by atoms with Gasteiger partial charge < -0.3 is 0 Å². The van der Waals surface area contributed by atoms with Crippen molar-refractivity contribution in [2.24, 2.45) is 5.92 Å². The number of benzene rings is 1. The molecule has 20 heavy (non-hydrogen) atoms. The van der Waals surface area contributed by atoms with E-state index in [0.29, 0.717) is 5.92 Å². The highest BCUT2D eigenvalue weighted by atomic mass is 14.8. The van der Waals surface area contributed by atoms with Gasteiger partial charge in [0.05, 0.1) is 11.0 Å². The third kappa shape index (κ3) is 2.37. The fourth-order valence-electron chi connectivity index (χ4n) is 2.19. The van der Waals surface area contributed by atoms with Crippen molar-refractivity contribution >= 4 is 24.5 Å². The fourth-order valence-corrected chi connectivity index (χ4v) is 2.19. The molecular weight excluding hydrogens is 243 g/mol. The van der Waals surface area contributed by atoms with E-state index in [-0.39, 0.29) is 0 Å². The molecule has 96 valence electrons. The average Bonchev–Trinajstić information content (AvgIpc) is 2.83. The number of aromatic nitrogens is 2. The molecule has 1 heterocycles. The molecule has 1 atom stereocenters. The Balaban J connectivity index is 1.98. The lowest BCUT2D eigenvalue weighted by Crippen LogP contribution is -2.14. The third-order valence-electron chi connectivity index (χ3n) is 3.59. The summed E-state index contributed by atoms with van der Waals surface area (Å²) in [6, 6.07) is 6.01. The Morgan fingerprint density at radius 3 is 2.75 bits per heavy atom. The Hall–Kier alpha value is -2.34. The van der Waals surface area contributed by atoms with Gasteiger partial charge in [-0.25, -0.2) is 0 Å². The van der Waals surface area contributed by atoms with Crippen LogP contribution in [0.25, 0.3) is 11.0 Å². The van der Waals surface area contributed by atoms with Gasteiger partial charge in [0.2, 0.25) is 0 Å². The minimum atomic E-state index is 0.424. The lowest BCUT2D eigenvalue weighted by molar-refractivity contribution is 0.919. The highest BCUT2D eigenvalue weighted by Gasteiger charge is 2.06. The van der Waals surface area contributed by atoms with Gasteiger partial charge in [-0.1, -0.05) is 37.0 Å². The predicted molar refractivity (Wildman–Crippen MR) is 85.7 cm³/mol. The van der Waals surface area contributed by atoms with Crippen LogP contribution in [0.1, 0.15) is 18.2 Å². The maximum atomic E-state index is 4.57. The van der Waals surface area contributed by atoms with Gasteiger partial charge in [-0.05, 0) is 25.1 Å². The molecular formula is C17H15BN2. The first kappa shape index (κ1) is 12.7. The third-order valence-corrected chi connectivity index (χ3v) is 3.59. The molecule has 0 amide bonds. The predicted octanol–water partition coefficient (Wildman–Crippen LogP) is 1.68. The summed E-state index contributed by atoms with van der Waals surface area (Å²) < 4.78 is 0. The molecule has 0 spiro atoms. The first-order valence-electron chi connectivity index (χ1n) is 6.79. The van der Waals surface area contributed by atoms with Crippen LogP contribution in [-0.2, 0) is 0 Å². The summed E-state index contributed by atoms with van der Waals surface area (Å²) in [6.45, 7) is 4.14. The maximum Gasteiger partial charge on any atom is 0.166 e. The Labute approximate surface area is 120 Å². The van der Waals surface area contributed by atoms with Gasteiger partial charge in [-0.15, -0.1) is 0 Å². The zero-order chi connectivity index (χ0) is 14.1. The molecule has 3 heteroatoms. The van der Waals surface area contributed by atoms with Crippen molar-refractivity contribution < 1.29 is 0 Å². The highest BCUT2D eigenvalue weighted by Crippen LogP contribution is 2.17. The Morgan fingerprint density at radius 2 is 2.00 bits per heavy atom. The van der Waals surface area contributed by atoms with E-state index >= 15 is 0 Å². The van der Waals surface area contributed by atoms with Crippen LogP contribution in [0.2, 0.25) is 0 Å². The van der Waals surface area contributed by atoms with Gasteiger partial charge >= 0.3 is 0 Å². The molecule has 0 radical (unpaired) electrons. The number of aryl methyl sites for hydroxylation is 1. The minimum absolute atomic E-state index is 0.424. The fraction of sp³-hybridized carbons (Fsp3) is 0.176. The number of allylic oxidation sites excluding steroid dienone is 4. The second kappa shape index (κ2) is 4.98. The first-order chi connectivity index (χ1) is 9.63. The molecule has 0 saturated carbocycles. The molecule has 0 saturated heterocycles. The Kier molecular flexibility index (Phi) is 3.16. The number of rotatable bonds is 0. The van der Waals surface area contributed by atoms with E-state index in [1.165, 1.54) is 0 Å². The lowest BCUT2D eigenvalue weighted by Gasteiger charge is -2.03. The van der Waals surface area contributed by atoms with Crippen molar-refractivity contribution in [1.82, 2.24) is 9.97 Å². The van der Waals surface area contributed by atoms with Crippen molar-refractivity contribution in [3.05, 3.63) is 53.3 Å². The molecule has 1 aromatic heterocycles. The van der Waals surface area contributed by atoms with Gasteiger partial charge in [-0.2, -0.15) is 0 Å². The van der Waals surface area contributed by atoms with Gasteiger partial charge in [-0.3, -0.25) is 9.97 Å². The second-order valence-corrected chi connectivity index (χ2v) is 5.14. The summed E-state index contributed by atoms with van der Waals surface area (Å²) in [6.07, 6.45) is 6.29. The van der Waals surface area contributed by atoms with E-state index < -0.39 is 0 Å². The van der Waals surface area contributed by atoms with E-state index in [1.54, 1.807) is 0 Å². The molecule has 1 aromatic carbocycles. The van der Waals surface area contributed by atoms with Crippen LogP contribution in [0, 0.1) is 24.7 Å². The summed E-state index contributed by atoms with van der Waals surface area (Å²) in [5.41, 5.74) is 5.93. The van der Waals surface area contributed by atoms with Gasteiger partial charge in [0.25, 0.3) is 0 Å². The van der Waals surface area contributed by atoms with E-state index in [4.69, 9.17) is 0 Å². The summed E-state index contributed by atoms with van der Waals surface area (Å²) in [4.78, 5) is 9.11. The van der Waals surface area contributed by atoms with Crippen molar-refractivity contribution in [1.29, 1.82) is 0 Å². The zero-order valence-electron chi connectivity index (χ0n) is 11.9. The van der Waals surface area contributed by atoms with Crippen LogP contribution in [0.4, 0.5) is 0 Å². The van der Waals surface area contributed by atoms with Crippen molar-refractivity contribution in [2.45, 2.75) is 13.8 Å². The summed E-state index contributed by atoms with van der Waals surface area (Å²) >= 11 is 0. The first-order valence-corrected chi connectivity index (χ1v) is 6.79.